The van der Waals surface area contributed by atoms with Crippen LogP contribution in [0.5, 0.6) is 5.75 Å². The number of nitrogens with zero attached hydrogens (tertiary/aromatic N) is 1. The lowest BCUT2D eigenvalue weighted by atomic mass is 10.1. The maximum Gasteiger partial charge on any atom is 0.140 e. The van der Waals surface area contributed by atoms with E-state index in [1.54, 1.807) is 0 Å². The molecule has 0 aliphatic carbocycles. The molecule has 0 aliphatic rings. The van der Waals surface area contributed by atoms with Gasteiger partial charge in [-0.05, 0) is 40.0 Å². The molecule has 5 heteroatoms. The van der Waals surface area contributed by atoms with E-state index in [0.29, 0.717) is 6.61 Å². The molecule has 1 N–H and O–H groups in total. The van der Waals surface area contributed by atoms with Gasteiger partial charge >= 0.3 is 0 Å². The molecular formula is C15H19BrN2O2. The van der Waals surface area contributed by atoms with Crippen LogP contribution in [0.4, 0.5) is 0 Å². The standard InChI is InChI=1S/C15H19BrN2O2/c1-9(17-4)13-6-5-12(16)7-15(13)19-8-14-10(2)18-20-11(14)3/h5-7,9,17H,8H2,1-4H3. The second-order valence-corrected chi connectivity index (χ2v) is 5.70. The molecule has 0 spiro atoms. The lowest BCUT2D eigenvalue weighted by Gasteiger charge is -2.17. The third-order valence-corrected chi connectivity index (χ3v) is 3.92. The van der Waals surface area contributed by atoms with Crippen LogP contribution in [0.15, 0.2) is 27.2 Å². The average molecular weight is 339 g/mol. The summed E-state index contributed by atoms with van der Waals surface area (Å²) in [4.78, 5) is 0. The first-order valence-electron chi connectivity index (χ1n) is 6.54. The van der Waals surface area contributed by atoms with Crippen molar-refractivity contribution < 1.29 is 9.26 Å². The lowest BCUT2D eigenvalue weighted by molar-refractivity contribution is 0.296. The van der Waals surface area contributed by atoms with Crippen LogP contribution in [-0.2, 0) is 6.61 Å². The maximum atomic E-state index is 5.98. The average Bonchev–Trinajstić information content (AvgIpc) is 2.75. The first kappa shape index (κ1) is 15.1. The summed E-state index contributed by atoms with van der Waals surface area (Å²) in [6, 6.07) is 6.30. The molecule has 0 fully saturated rings. The van der Waals surface area contributed by atoms with Crippen molar-refractivity contribution in [1.82, 2.24) is 10.5 Å². The van der Waals surface area contributed by atoms with Gasteiger partial charge in [0, 0.05) is 16.1 Å². The quantitative estimate of drug-likeness (QED) is 0.897. The van der Waals surface area contributed by atoms with Gasteiger partial charge in [-0.3, -0.25) is 0 Å². The second kappa shape index (κ2) is 6.41. The molecule has 0 bridgehead atoms. The van der Waals surface area contributed by atoms with Crippen LogP contribution in [0.25, 0.3) is 0 Å². The SMILES string of the molecule is CNC(C)c1ccc(Br)cc1OCc1c(C)noc1C. The molecule has 0 saturated heterocycles. The number of rotatable bonds is 5. The molecule has 4 nitrogen and oxygen atoms in total. The van der Waals surface area contributed by atoms with Gasteiger partial charge in [0.2, 0.25) is 0 Å². The van der Waals surface area contributed by atoms with Gasteiger partial charge < -0.3 is 14.6 Å². The number of hydrogen-bond donors (Lipinski definition) is 1. The minimum Gasteiger partial charge on any atom is -0.488 e. The number of nitrogens with one attached hydrogen (secondary N) is 1. The summed E-state index contributed by atoms with van der Waals surface area (Å²) in [5, 5.41) is 7.17. The van der Waals surface area contributed by atoms with Crippen LogP contribution >= 0.6 is 15.9 Å². The Morgan fingerprint density at radius 2 is 2.15 bits per heavy atom. The summed E-state index contributed by atoms with van der Waals surface area (Å²) in [6.45, 7) is 6.39. The van der Waals surface area contributed by atoms with Gasteiger partial charge in [0.05, 0.1) is 11.3 Å². The fourth-order valence-corrected chi connectivity index (χ4v) is 2.34. The van der Waals surface area contributed by atoms with E-state index in [9.17, 15) is 0 Å². The molecule has 2 rings (SSSR count). The van der Waals surface area contributed by atoms with E-state index in [1.807, 2.05) is 33.0 Å². The van der Waals surface area contributed by atoms with Crippen LogP contribution in [0.2, 0.25) is 0 Å². The van der Waals surface area contributed by atoms with Crippen LogP contribution in [0, 0.1) is 13.8 Å². The van der Waals surface area contributed by atoms with Crippen LogP contribution in [0.3, 0.4) is 0 Å². The number of halogens is 1. The predicted molar refractivity (Wildman–Crippen MR) is 81.9 cm³/mol. The van der Waals surface area contributed by atoms with E-state index in [4.69, 9.17) is 9.26 Å². The Morgan fingerprint density at radius 3 is 2.75 bits per heavy atom. The Bertz CT molecular complexity index is 576. The van der Waals surface area contributed by atoms with E-state index in [2.05, 4.69) is 39.4 Å². The number of aryl methyl sites for hydroxylation is 2. The largest absolute Gasteiger partial charge is 0.488 e. The van der Waals surface area contributed by atoms with Gasteiger partial charge in [-0.2, -0.15) is 0 Å². The minimum atomic E-state index is 0.225. The fourth-order valence-electron chi connectivity index (χ4n) is 2.00. The summed E-state index contributed by atoms with van der Waals surface area (Å²) < 4.78 is 12.1. The van der Waals surface area contributed by atoms with Crippen molar-refractivity contribution in [1.29, 1.82) is 0 Å². The van der Waals surface area contributed by atoms with Crippen molar-refractivity contribution in [3.05, 3.63) is 45.3 Å². The number of benzene rings is 1. The van der Waals surface area contributed by atoms with Gasteiger partial charge in [0.15, 0.2) is 0 Å². The van der Waals surface area contributed by atoms with Crippen molar-refractivity contribution in [3.8, 4) is 5.75 Å². The molecule has 1 unspecified atom stereocenters. The highest BCUT2D eigenvalue weighted by Gasteiger charge is 2.14. The van der Waals surface area contributed by atoms with Crippen molar-refractivity contribution in [2.24, 2.45) is 0 Å². The summed E-state index contributed by atoms with van der Waals surface area (Å²) in [5.74, 6) is 1.67. The normalized spacial score (nSPS) is 12.4. The molecule has 0 radical (unpaired) electrons. The summed E-state index contributed by atoms with van der Waals surface area (Å²) in [6.07, 6.45) is 0. The monoisotopic (exact) mass is 338 g/mol. The van der Waals surface area contributed by atoms with E-state index in [1.165, 1.54) is 0 Å². The fraction of sp³-hybridized carbons (Fsp3) is 0.400. The van der Waals surface area contributed by atoms with Gasteiger partial charge in [0.1, 0.15) is 18.1 Å². The number of hydrogen-bond acceptors (Lipinski definition) is 4. The molecule has 0 saturated carbocycles. The maximum absolute atomic E-state index is 5.98. The molecule has 0 amide bonds. The Hall–Kier alpha value is -1.33. The second-order valence-electron chi connectivity index (χ2n) is 4.78. The van der Waals surface area contributed by atoms with Gasteiger partial charge in [0.25, 0.3) is 0 Å². The van der Waals surface area contributed by atoms with Crippen molar-refractivity contribution in [2.45, 2.75) is 33.4 Å². The Balaban J connectivity index is 2.22. The summed E-state index contributed by atoms with van der Waals surface area (Å²) >= 11 is 3.48. The topological polar surface area (TPSA) is 47.3 Å². The lowest BCUT2D eigenvalue weighted by Crippen LogP contribution is -2.14. The molecule has 20 heavy (non-hydrogen) atoms. The summed E-state index contributed by atoms with van der Waals surface area (Å²) in [5.41, 5.74) is 3.01. The zero-order chi connectivity index (χ0) is 14.7. The van der Waals surface area contributed by atoms with Crippen molar-refractivity contribution >= 4 is 15.9 Å². The minimum absolute atomic E-state index is 0.225. The Kier molecular flexibility index (Phi) is 4.83. The third-order valence-electron chi connectivity index (χ3n) is 3.43. The van der Waals surface area contributed by atoms with Gasteiger partial charge in [-0.25, -0.2) is 0 Å². The zero-order valence-electron chi connectivity index (χ0n) is 12.2. The van der Waals surface area contributed by atoms with E-state index in [-0.39, 0.29) is 6.04 Å². The molecular weight excluding hydrogens is 320 g/mol. The van der Waals surface area contributed by atoms with E-state index in [0.717, 1.165) is 32.8 Å². The molecule has 0 aliphatic heterocycles. The van der Waals surface area contributed by atoms with E-state index >= 15 is 0 Å². The number of aromatic nitrogens is 1. The first-order valence-corrected chi connectivity index (χ1v) is 7.33. The highest BCUT2D eigenvalue weighted by molar-refractivity contribution is 9.10. The Labute approximate surface area is 127 Å². The first-order chi connectivity index (χ1) is 9.52. The third kappa shape index (κ3) is 3.22. The van der Waals surface area contributed by atoms with Crippen LogP contribution < -0.4 is 10.1 Å². The molecule has 1 aromatic carbocycles. The molecule has 1 heterocycles. The zero-order valence-corrected chi connectivity index (χ0v) is 13.7. The van der Waals surface area contributed by atoms with Gasteiger partial charge in [-0.15, -0.1) is 0 Å². The predicted octanol–water partition coefficient (Wildman–Crippen LogP) is 3.91. The molecule has 108 valence electrons. The summed E-state index contributed by atoms with van der Waals surface area (Å²) in [7, 11) is 1.94. The highest BCUT2D eigenvalue weighted by atomic mass is 79.9. The molecule has 1 atom stereocenters. The molecule has 1 aromatic heterocycles. The van der Waals surface area contributed by atoms with Crippen molar-refractivity contribution in [2.75, 3.05) is 7.05 Å². The van der Waals surface area contributed by atoms with Gasteiger partial charge in [-0.1, -0.05) is 27.2 Å². The molecule has 2 aromatic rings. The smallest absolute Gasteiger partial charge is 0.140 e. The number of ether oxygens (including phenoxy) is 1. The van der Waals surface area contributed by atoms with Crippen LogP contribution in [0.1, 0.15) is 35.5 Å². The van der Waals surface area contributed by atoms with Crippen molar-refractivity contribution in [3.63, 3.8) is 0 Å². The Morgan fingerprint density at radius 1 is 1.40 bits per heavy atom. The van der Waals surface area contributed by atoms with Crippen LogP contribution in [-0.4, -0.2) is 12.2 Å². The van der Waals surface area contributed by atoms with E-state index < -0.39 is 0 Å². The highest BCUT2D eigenvalue weighted by Crippen LogP contribution is 2.29.